The van der Waals surface area contributed by atoms with E-state index in [-0.39, 0.29) is 11.7 Å². The molecule has 0 unspecified atom stereocenters. The number of esters is 1. The highest BCUT2D eigenvalue weighted by Crippen LogP contribution is 2.40. The quantitative estimate of drug-likeness (QED) is 0.424. The van der Waals surface area contributed by atoms with E-state index in [0.717, 1.165) is 35.5 Å². The first-order valence-corrected chi connectivity index (χ1v) is 9.30. The number of fused-ring (bicyclic) bond motifs is 1. The minimum absolute atomic E-state index is 0.192. The van der Waals surface area contributed by atoms with Gasteiger partial charge in [0, 0.05) is 10.6 Å². The Morgan fingerprint density at radius 2 is 2.04 bits per heavy atom. The van der Waals surface area contributed by atoms with E-state index in [1.807, 2.05) is 0 Å². The highest BCUT2D eigenvalue weighted by atomic mass is 32.1. The van der Waals surface area contributed by atoms with Crippen LogP contribution in [0.5, 0.6) is 5.75 Å². The number of nitrogens with one attached hydrogen (secondary N) is 2. The SMILES string of the molecule is COC(=O)c1c(NC(=S)Nc2ccc(O)cc2)sc2c1CC[C@H](C)C2. The molecule has 0 spiro atoms. The molecule has 3 N–H and O–H groups in total. The van der Waals surface area contributed by atoms with Crippen LogP contribution in [0.25, 0.3) is 0 Å². The fraction of sp³-hybridized carbons (Fsp3) is 0.333. The normalized spacial score (nSPS) is 16.0. The van der Waals surface area contributed by atoms with Gasteiger partial charge in [-0.2, -0.15) is 0 Å². The molecule has 132 valence electrons. The topological polar surface area (TPSA) is 70.6 Å². The highest BCUT2D eigenvalue weighted by molar-refractivity contribution is 7.80. The summed E-state index contributed by atoms with van der Waals surface area (Å²) in [5.41, 5.74) is 2.44. The van der Waals surface area contributed by atoms with Gasteiger partial charge in [-0.25, -0.2) is 4.79 Å². The summed E-state index contributed by atoms with van der Waals surface area (Å²) in [7, 11) is 1.40. The van der Waals surface area contributed by atoms with Crippen LogP contribution in [0.15, 0.2) is 24.3 Å². The monoisotopic (exact) mass is 376 g/mol. The number of carbonyl (C=O) groups excluding carboxylic acids is 1. The first kappa shape index (κ1) is 17.7. The second-order valence-electron chi connectivity index (χ2n) is 6.17. The van der Waals surface area contributed by atoms with Crippen LogP contribution in [-0.4, -0.2) is 23.3 Å². The van der Waals surface area contributed by atoms with Crippen LogP contribution in [0.3, 0.4) is 0 Å². The number of thiocarbonyl (C=S) groups is 1. The van der Waals surface area contributed by atoms with E-state index in [2.05, 4.69) is 17.6 Å². The number of phenols is 1. The molecule has 5 nitrogen and oxygen atoms in total. The molecule has 0 fully saturated rings. The number of benzene rings is 1. The average molecular weight is 377 g/mol. The third-order valence-electron chi connectivity index (χ3n) is 4.25. The number of methoxy groups -OCH3 is 1. The average Bonchev–Trinajstić information content (AvgIpc) is 2.92. The summed E-state index contributed by atoms with van der Waals surface area (Å²) >= 11 is 6.94. The van der Waals surface area contributed by atoms with Crippen molar-refractivity contribution in [3.63, 3.8) is 0 Å². The molecule has 1 aliphatic rings. The Morgan fingerprint density at radius 3 is 2.72 bits per heavy atom. The van der Waals surface area contributed by atoms with Gasteiger partial charge in [0.1, 0.15) is 10.8 Å². The van der Waals surface area contributed by atoms with Gasteiger partial charge in [-0.1, -0.05) is 6.92 Å². The van der Waals surface area contributed by atoms with E-state index in [0.29, 0.717) is 16.6 Å². The molecule has 1 aromatic carbocycles. The fourth-order valence-electron chi connectivity index (χ4n) is 2.97. The molecule has 7 heteroatoms. The lowest BCUT2D eigenvalue weighted by molar-refractivity contribution is 0.0601. The van der Waals surface area contributed by atoms with E-state index in [4.69, 9.17) is 17.0 Å². The summed E-state index contributed by atoms with van der Waals surface area (Å²) in [6.07, 6.45) is 2.93. The minimum Gasteiger partial charge on any atom is -0.508 e. The molecular weight excluding hydrogens is 356 g/mol. The van der Waals surface area contributed by atoms with Gasteiger partial charge in [0.15, 0.2) is 5.11 Å². The van der Waals surface area contributed by atoms with E-state index in [9.17, 15) is 9.90 Å². The molecule has 1 atom stereocenters. The van der Waals surface area contributed by atoms with Crippen molar-refractivity contribution < 1.29 is 14.6 Å². The van der Waals surface area contributed by atoms with Crippen LogP contribution in [0.4, 0.5) is 10.7 Å². The minimum atomic E-state index is -0.331. The first-order chi connectivity index (χ1) is 12.0. The van der Waals surface area contributed by atoms with Crippen LogP contribution >= 0.6 is 23.6 Å². The highest BCUT2D eigenvalue weighted by Gasteiger charge is 2.28. The Labute approximate surface area is 156 Å². The van der Waals surface area contributed by atoms with Gasteiger partial charge in [0.25, 0.3) is 0 Å². The molecule has 0 bridgehead atoms. The molecule has 1 aliphatic carbocycles. The molecule has 2 aromatic rings. The molecule has 1 aromatic heterocycles. The lowest BCUT2D eigenvalue weighted by Crippen LogP contribution is -2.20. The Hall–Kier alpha value is -2.12. The summed E-state index contributed by atoms with van der Waals surface area (Å²) in [6, 6.07) is 6.61. The maximum absolute atomic E-state index is 12.3. The van der Waals surface area contributed by atoms with Crippen molar-refractivity contribution in [1.82, 2.24) is 0 Å². The maximum atomic E-state index is 12.3. The van der Waals surface area contributed by atoms with Crippen LogP contribution in [0.2, 0.25) is 0 Å². The zero-order valence-electron chi connectivity index (χ0n) is 14.1. The molecule has 0 radical (unpaired) electrons. The van der Waals surface area contributed by atoms with Crippen LogP contribution in [0, 0.1) is 5.92 Å². The molecule has 25 heavy (non-hydrogen) atoms. The summed E-state index contributed by atoms with van der Waals surface area (Å²) in [5.74, 6) is 0.478. The molecule has 3 rings (SSSR count). The van der Waals surface area contributed by atoms with Crippen molar-refractivity contribution in [2.24, 2.45) is 5.92 Å². The predicted octanol–water partition coefficient (Wildman–Crippen LogP) is 4.17. The summed E-state index contributed by atoms with van der Waals surface area (Å²) in [6.45, 7) is 2.23. The number of hydrogen-bond acceptors (Lipinski definition) is 5. The van der Waals surface area contributed by atoms with E-state index in [1.54, 1.807) is 35.6 Å². The van der Waals surface area contributed by atoms with E-state index in [1.165, 1.54) is 12.0 Å². The Balaban J connectivity index is 1.82. The second-order valence-corrected chi connectivity index (χ2v) is 7.69. The van der Waals surface area contributed by atoms with Crippen LogP contribution in [-0.2, 0) is 17.6 Å². The molecule has 0 aliphatic heterocycles. The number of anilines is 2. The van der Waals surface area contributed by atoms with Gasteiger partial charge < -0.3 is 20.5 Å². The predicted molar refractivity (Wildman–Crippen MR) is 105 cm³/mol. The summed E-state index contributed by atoms with van der Waals surface area (Å²) in [4.78, 5) is 13.5. The number of hydrogen-bond donors (Lipinski definition) is 3. The van der Waals surface area contributed by atoms with Crippen LogP contribution < -0.4 is 10.6 Å². The lowest BCUT2D eigenvalue weighted by atomic mass is 9.88. The van der Waals surface area contributed by atoms with Crippen molar-refractivity contribution >= 4 is 45.3 Å². The van der Waals surface area contributed by atoms with Gasteiger partial charge in [-0.3, -0.25) is 0 Å². The van der Waals surface area contributed by atoms with E-state index < -0.39 is 0 Å². The number of carbonyl (C=O) groups is 1. The Kier molecular flexibility index (Phi) is 5.24. The van der Waals surface area contributed by atoms with Crippen LogP contribution in [0.1, 0.15) is 34.1 Å². The second kappa shape index (κ2) is 7.41. The summed E-state index contributed by atoms with van der Waals surface area (Å²) in [5, 5.41) is 16.6. The number of rotatable bonds is 3. The van der Waals surface area contributed by atoms with Crippen molar-refractivity contribution in [3.05, 3.63) is 40.3 Å². The number of phenolic OH excluding ortho intramolecular Hbond substituents is 1. The smallest absolute Gasteiger partial charge is 0.341 e. The largest absolute Gasteiger partial charge is 0.508 e. The van der Waals surface area contributed by atoms with Crippen molar-refractivity contribution in [2.75, 3.05) is 17.7 Å². The van der Waals surface area contributed by atoms with Gasteiger partial charge in [0.05, 0.1) is 12.7 Å². The molecular formula is C18H20N2O3S2. The molecule has 1 heterocycles. The third-order valence-corrected chi connectivity index (χ3v) is 5.63. The summed E-state index contributed by atoms with van der Waals surface area (Å²) < 4.78 is 4.98. The zero-order valence-corrected chi connectivity index (χ0v) is 15.7. The van der Waals surface area contributed by atoms with Gasteiger partial charge in [0.2, 0.25) is 0 Å². The fourth-order valence-corrected chi connectivity index (χ4v) is 4.65. The lowest BCUT2D eigenvalue weighted by Gasteiger charge is -2.18. The number of ether oxygens (including phenoxy) is 1. The van der Waals surface area contributed by atoms with Crippen molar-refractivity contribution in [1.29, 1.82) is 0 Å². The Morgan fingerprint density at radius 1 is 1.32 bits per heavy atom. The van der Waals surface area contributed by atoms with Gasteiger partial charge in [-0.05, 0) is 67.2 Å². The zero-order chi connectivity index (χ0) is 18.0. The maximum Gasteiger partial charge on any atom is 0.341 e. The van der Waals surface area contributed by atoms with Crippen molar-refractivity contribution in [2.45, 2.75) is 26.2 Å². The van der Waals surface area contributed by atoms with E-state index >= 15 is 0 Å². The third kappa shape index (κ3) is 3.93. The number of aromatic hydroxyl groups is 1. The van der Waals surface area contributed by atoms with Gasteiger partial charge >= 0.3 is 5.97 Å². The van der Waals surface area contributed by atoms with Crippen molar-refractivity contribution in [3.8, 4) is 5.75 Å². The molecule has 0 saturated carbocycles. The van der Waals surface area contributed by atoms with Gasteiger partial charge in [-0.15, -0.1) is 11.3 Å². The standard InChI is InChI=1S/C18H20N2O3S2/c1-10-3-8-13-14(9-10)25-16(15(13)17(22)23-2)20-18(24)19-11-4-6-12(21)7-5-11/h4-7,10,21H,3,8-9H2,1-2H3,(H2,19,20,24)/t10-/m0/s1. The Bertz CT molecular complexity index is 799. The molecule has 0 saturated heterocycles. The number of thiophene rings is 1. The molecule has 0 amide bonds. The first-order valence-electron chi connectivity index (χ1n) is 8.07.